The first-order valence-corrected chi connectivity index (χ1v) is 9.49. The second-order valence-corrected chi connectivity index (χ2v) is 7.23. The highest BCUT2D eigenvalue weighted by atomic mass is 16.2. The summed E-state index contributed by atoms with van der Waals surface area (Å²) in [7, 11) is 1.54. The van der Waals surface area contributed by atoms with Crippen molar-refractivity contribution in [2.24, 2.45) is 0 Å². The Balaban J connectivity index is 1.35. The quantitative estimate of drug-likeness (QED) is 0.751. The van der Waals surface area contributed by atoms with Crippen LogP contribution in [0.1, 0.15) is 6.42 Å². The van der Waals surface area contributed by atoms with Crippen LogP contribution in [0.25, 0.3) is 11.3 Å². The standard InChI is InChI=1S/C20H22N6O3/c1-24-13-18(28)26(20(24)29)12-17(27)22-15-8-10-25(11-15)19-21-9-7-16(23-19)14-5-3-2-4-6-14/h2-7,9,15H,8,10-13H2,1H3,(H,22,27). The van der Waals surface area contributed by atoms with E-state index in [1.165, 1.54) is 11.9 Å². The average molecular weight is 394 g/mol. The summed E-state index contributed by atoms with van der Waals surface area (Å²) in [5, 5.41) is 2.91. The lowest BCUT2D eigenvalue weighted by molar-refractivity contribution is -0.131. The van der Waals surface area contributed by atoms with Crippen molar-refractivity contribution in [3.05, 3.63) is 42.6 Å². The monoisotopic (exact) mass is 394 g/mol. The number of carbonyl (C=O) groups excluding carboxylic acids is 3. The zero-order valence-electron chi connectivity index (χ0n) is 16.1. The van der Waals surface area contributed by atoms with Gasteiger partial charge in [0.25, 0.3) is 5.91 Å². The summed E-state index contributed by atoms with van der Waals surface area (Å²) >= 11 is 0. The van der Waals surface area contributed by atoms with Crippen LogP contribution in [0.3, 0.4) is 0 Å². The predicted octanol–water partition coefficient (Wildman–Crippen LogP) is 0.732. The third-order valence-corrected chi connectivity index (χ3v) is 5.08. The molecule has 2 fully saturated rings. The van der Waals surface area contributed by atoms with Crippen molar-refractivity contribution in [1.82, 2.24) is 25.1 Å². The number of nitrogens with one attached hydrogen (secondary N) is 1. The van der Waals surface area contributed by atoms with Crippen LogP contribution < -0.4 is 10.2 Å². The van der Waals surface area contributed by atoms with E-state index in [2.05, 4.69) is 15.3 Å². The van der Waals surface area contributed by atoms with E-state index in [1.54, 1.807) is 6.20 Å². The fourth-order valence-electron chi connectivity index (χ4n) is 3.57. The van der Waals surface area contributed by atoms with E-state index >= 15 is 0 Å². The number of likely N-dealkylation sites (N-methyl/N-ethyl adjacent to an activating group) is 1. The molecule has 2 aromatic rings. The van der Waals surface area contributed by atoms with Gasteiger partial charge in [0, 0.05) is 37.9 Å². The Morgan fingerprint density at radius 3 is 2.72 bits per heavy atom. The van der Waals surface area contributed by atoms with Gasteiger partial charge >= 0.3 is 6.03 Å². The number of aromatic nitrogens is 2. The van der Waals surface area contributed by atoms with Gasteiger partial charge in [0.15, 0.2) is 0 Å². The molecular weight excluding hydrogens is 372 g/mol. The number of imide groups is 1. The molecule has 29 heavy (non-hydrogen) atoms. The number of amides is 4. The van der Waals surface area contributed by atoms with Crippen LogP contribution in [0.5, 0.6) is 0 Å². The SMILES string of the molecule is CN1CC(=O)N(CC(=O)NC2CCN(c3nccc(-c4ccccc4)n3)C2)C1=O. The number of hydrogen-bond donors (Lipinski definition) is 1. The zero-order valence-corrected chi connectivity index (χ0v) is 16.1. The van der Waals surface area contributed by atoms with E-state index in [4.69, 9.17) is 0 Å². The van der Waals surface area contributed by atoms with Gasteiger partial charge in [-0.05, 0) is 12.5 Å². The Bertz CT molecular complexity index is 935. The predicted molar refractivity (Wildman–Crippen MR) is 106 cm³/mol. The van der Waals surface area contributed by atoms with Gasteiger partial charge in [0.2, 0.25) is 11.9 Å². The van der Waals surface area contributed by atoms with Crippen LogP contribution >= 0.6 is 0 Å². The molecule has 0 spiro atoms. The molecule has 0 saturated carbocycles. The molecule has 4 rings (SSSR count). The summed E-state index contributed by atoms with van der Waals surface area (Å²) in [5.41, 5.74) is 1.86. The molecular formula is C20H22N6O3. The molecule has 4 amide bonds. The minimum absolute atomic E-state index is 0.0123. The van der Waals surface area contributed by atoms with Crippen LogP contribution in [0.2, 0.25) is 0 Å². The number of benzene rings is 1. The van der Waals surface area contributed by atoms with E-state index in [0.29, 0.717) is 19.0 Å². The molecule has 3 heterocycles. The molecule has 1 atom stereocenters. The first kappa shape index (κ1) is 18.9. The van der Waals surface area contributed by atoms with Crippen molar-refractivity contribution in [3.8, 4) is 11.3 Å². The topological polar surface area (TPSA) is 98.7 Å². The molecule has 1 aromatic heterocycles. The van der Waals surface area contributed by atoms with Gasteiger partial charge in [-0.2, -0.15) is 0 Å². The summed E-state index contributed by atoms with van der Waals surface area (Å²) in [4.78, 5) is 49.3. The number of anilines is 1. The molecule has 9 heteroatoms. The molecule has 2 aliphatic rings. The molecule has 2 saturated heterocycles. The zero-order chi connectivity index (χ0) is 20.4. The molecule has 0 bridgehead atoms. The highest BCUT2D eigenvalue weighted by Crippen LogP contribution is 2.21. The fraction of sp³-hybridized carbons (Fsp3) is 0.350. The summed E-state index contributed by atoms with van der Waals surface area (Å²) in [6.45, 7) is 1.05. The molecule has 2 aliphatic heterocycles. The summed E-state index contributed by atoms with van der Waals surface area (Å²) < 4.78 is 0. The first-order chi connectivity index (χ1) is 14.0. The van der Waals surface area contributed by atoms with E-state index < -0.39 is 6.03 Å². The van der Waals surface area contributed by atoms with Crippen molar-refractivity contribution in [2.75, 3.05) is 38.1 Å². The Morgan fingerprint density at radius 2 is 2.00 bits per heavy atom. The highest BCUT2D eigenvalue weighted by Gasteiger charge is 2.35. The third kappa shape index (κ3) is 4.03. The minimum atomic E-state index is -0.440. The number of hydrogen-bond acceptors (Lipinski definition) is 6. The average Bonchev–Trinajstić information content (AvgIpc) is 3.29. The Hall–Kier alpha value is -3.49. The lowest BCUT2D eigenvalue weighted by Gasteiger charge is -2.19. The number of rotatable bonds is 5. The van der Waals surface area contributed by atoms with Crippen molar-refractivity contribution >= 4 is 23.8 Å². The molecule has 1 aromatic carbocycles. The summed E-state index contributed by atoms with van der Waals surface area (Å²) in [6, 6.07) is 11.2. The summed E-state index contributed by atoms with van der Waals surface area (Å²) in [5.74, 6) is -0.0748. The maximum Gasteiger partial charge on any atom is 0.327 e. The Kier molecular flexibility index (Phi) is 5.11. The van der Waals surface area contributed by atoms with Gasteiger partial charge in [-0.3, -0.25) is 14.5 Å². The van der Waals surface area contributed by atoms with E-state index in [-0.39, 0.29) is 30.9 Å². The lowest BCUT2D eigenvalue weighted by atomic mass is 10.1. The van der Waals surface area contributed by atoms with Crippen LogP contribution in [-0.4, -0.2) is 76.9 Å². The fourth-order valence-corrected chi connectivity index (χ4v) is 3.57. The third-order valence-electron chi connectivity index (χ3n) is 5.08. The highest BCUT2D eigenvalue weighted by molar-refractivity contribution is 6.04. The Morgan fingerprint density at radius 1 is 1.21 bits per heavy atom. The number of carbonyl (C=O) groups is 3. The number of urea groups is 1. The minimum Gasteiger partial charge on any atom is -0.350 e. The van der Waals surface area contributed by atoms with Crippen molar-refractivity contribution < 1.29 is 14.4 Å². The van der Waals surface area contributed by atoms with Crippen LogP contribution in [-0.2, 0) is 9.59 Å². The second-order valence-electron chi connectivity index (χ2n) is 7.23. The molecule has 9 nitrogen and oxygen atoms in total. The molecule has 1 N–H and O–H groups in total. The first-order valence-electron chi connectivity index (χ1n) is 9.49. The molecule has 150 valence electrons. The van der Waals surface area contributed by atoms with Gasteiger partial charge < -0.3 is 15.1 Å². The van der Waals surface area contributed by atoms with E-state index in [1.807, 2.05) is 41.3 Å². The normalized spacial score (nSPS) is 19.2. The van der Waals surface area contributed by atoms with Crippen LogP contribution in [0, 0.1) is 0 Å². The van der Waals surface area contributed by atoms with E-state index in [9.17, 15) is 14.4 Å². The largest absolute Gasteiger partial charge is 0.350 e. The second kappa shape index (κ2) is 7.86. The van der Waals surface area contributed by atoms with Gasteiger partial charge in [-0.25, -0.2) is 14.8 Å². The maximum absolute atomic E-state index is 12.3. The molecule has 1 unspecified atom stereocenters. The van der Waals surface area contributed by atoms with Gasteiger partial charge in [-0.1, -0.05) is 30.3 Å². The molecule has 0 aliphatic carbocycles. The maximum atomic E-state index is 12.3. The van der Waals surface area contributed by atoms with Crippen molar-refractivity contribution in [2.45, 2.75) is 12.5 Å². The summed E-state index contributed by atoms with van der Waals surface area (Å²) in [6.07, 6.45) is 2.48. The van der Waals surface area contributed by atoms with Crippen LogP contribution in [0.15, 0.2) is 42.6 Å². The van der Waals surface area contributed by atoms with Crippen molar-refractivity contribution in [3.63, 3.8) is 0 Å². The van der Waals surface area contributed by atoms with E-state index in [0.717, 1.165) is 22.6 Å². The number of nitrogens with zero attached hydrogens (tertiary/aromatic N) is 5. The van der Waals surface area contributed by atoms with Crippen LogP contribution in [0.4, 0.5) is 10.7 Å². The Labute approximate surface area is 168 Å². The van der Waals surface area contributed by atoms with Gasteiger partial charge in [-0.15, -0.1) is 0 Å². The van der Waals surface area contributed by atoms with Crippen molar-refractivity contribution in [1.29, 1.82) is 0 Å². The smallest absolute Gasteiger partial charge is 0.327 e. The lowest BCUT2D eigenvalue weighted by Crippen LogP contribution is -2.45. The molecule has 0 radical (unpaired) electrons. The van der Waals surface area contributed by atoms with Gasteiger partial charge in [0.05, 0.1) is 5.69 Å². The van der Waals surface area contributed by atoms with Gasteiger partial charge in [0.1, 0.15) is 13.1 Å².